The molecule has 0 amide bonds. The van der Waals surface area contributed by atoms with Gasteiger partial charge < -0.3 is 20.1 Å². The molecule has 1 aliphatic rings. The van der Waals surface area contributed by atoms with Crippen molar-refractivity contribution >= 4 is 23.3 Å². The van der Waals surface area contributed by atoms with Crippen LogP contribution in [-0.2, 0) is 9.53 Å². The molecule has 0 saturated carbocycles. The lowest BCUT2D eigenvalue weighted by molar-refractivity contribution is -0.139. The highest BCUT2D eigenvalue weighted by Crippen LogP contribution is 2.28. The van der Waals surface area contributed by atoms with Crippen LogP contribution < -0.4 is 15.4 Å². The average molecular weight is 348 g/mol. The Morgan fingerprint density at radius 1 is 1.25 bits per heavy atom. The molecule has 0 aromatic heterocycles. The average Bonchev–Trinajstić information content (AvgIpc) is 2.55. The highest BCUT2D eigenvalue weighted by atomic mass is 32.1. The normalized spacial score (nSPS) is 17.1. The van der Waals surface area contributed by atoms with Crippen molar-refractivity contribution in [3.8, 4) is 5.75 Å². The van der Waals surface area contributed by atoms with Crippen LogP contribution in [-0.4, -0.2) is 24.3 Å². The molecule has 130 valence electrons. The van der Waals surface area contributed by atoms with Gasteiger partial charge >= 0.3 is 5.97 Å². The van der Waals surface area contributed by atoms with Crippen LogP contribution >= 0.6 is 12.2 Å². The largest absolute Gasteiger partial charge is 0.494 e. The number of allylic oxidation sites excluding steroid dienone is 1. The minimum atomic E-state index is -0.342. The van der Waals surface area contributed by atoms with Crippen molar-refractivity contribution in [3.05, 3.63) is 41.1 Å². The lowest BCUT2D eigenvalue weighted by Gasteiger charge is -2.29. The summed E-state index contributed by atoms with van der Waals surface area (Å²) in [5.74, 6) is 0.480. The van der Waals surface area contributed by atoms with E-state index in [1.807, 2.05) is 31.2 Å². The first-order chi connectivity index (χ1) is 11.6. The number of carbonyl (C=O) groups is 1. The van der Waals surface area contributed by atoms with Gasteiger partial charge in [-0.15, -0.1) is 0 Å². The molecule has 1 heterocycles. The summed E-state index contributed by atoms with van der Waals surface area (Å²) >= 11 is 5.23. The van der Waals surface area contributed by atoms with E-state index >= 15 is 0 Å². The van der Waals surface area contributed by atoms with Crippen LogP contribution in [0.25, 0.3) is 0 Å². The van der Waals surface area contributed by atoms with Crippen LogP contribution in [0.4, 0.5) is 0 Å². The van der Waals surface area contributed by atoms with E-state index in [1.165, 1.54) is 0 Å². The second-order valence-corrected chi connectivity index (χ2v) is 5.97. The van der Waals surface area contributed by atoms with Gasteiger partial charge in [-0.2, -0.15) is 0 Å². The molecule has 0 unspecified atom stereocenters. The Kier molecular flexibility index (Phi) is 6.61. The maximum absolute atomic E-state index is 12.3. The third-order valence-electron chi connectivity index (χ3n) is 3.74. The summed E-state index contributed by atoms with van der Waals surface area (Å²) in [5, 5.41) is 6.63. The maximum Gasteiger partial charge on any atom is 0.338 e. The van der Waals surface area contributed by atoms with E-state index in [1.54, 1.807) is 6.92 Å². The predicted octanol–water partition coefficient (Wildman–Crippen LogP) is 3.22. The number of hydrogen-bond acceptors (Lipinski definition) is 4. The van der Waals surface area contributed by atoms with Gasteiger partial charge in [-0.25, -0.2) is 4.79 Å². The fraction of sp³-hybridized carbons (Fsp3) is 0.444. The molecular formula is C18H24N2O3S. The summed E-state index contributed by atoms with van der Waals surface area (Å²) in [6.45, 7) is 6.79. The summed E-state index contributed by atoms with van der Waals surface area (Å²) in [6, 6.07) is 7.38. The molecule has 1 aliphatic heterocycles. The molecule has 0 radical (unpaired) electrons. The minimum absolute atomic E-state index is 0.330. The predicted molar refractivity (Wildman–Crippen MR) is 97.8 cm³/mol. The molecule has 0 bridgehead atoms. The number of unbranched alkanes of at least 4 members (excludes halogenated alkanes) is 1. The SMILES string of the molecule is CCCCOc1ccc([C@H]2NC(=S)NC(C)=C2C(=O)OCC)cc1. The van der Waals surface area contributed by atoms with E-state index in [4.69, 9.17) is 21.7 Å². The highest BCUT2D eigenvalue weighted by molar-refractivity contribution is 7.80. The summed E-state index contributed by atoms with van der Waals surface area (Å²) in [7, 11) is 0. The summed E-state index contributed by atoms with van der Waals surface area (Å²) < 4.78 is 10.9. The maximum atomic E-state index is 12.3. The van der Waals surface area contributed by atoms with E-state index in [2.05, 4.69) is 17.6 Å². The molecule has 0 spiro atoms. The first-order valence-corrected chi connectivity index (χ1v) is 8.65. The number of hydrogen-bond donors (Lipinski definition) is 2. The molecule has 0 saturated heterocycles. The first kappa shape index (κ1) is 18.3. The Bertz CT molecular complexity index is 626. The number of thiocarbonyl (C=S) groups is 1. The van der Waals surface area contributed by atoms with Crippen LogP contribution in [0.5, 0.6) is 5.75 Å². The summed E-state index contributed by atoms with van der Waals surface area (Å²) in [4.78, 5) is 12.3. The molecule has 1 atom stereocenters. The van der Waals surface area contributed by atoms with Gasteiger partial charge in [-0.05, 0) is 50.2 Å². The van der Waals surface area contributed by atoms with Gasteiger partial charge in [0.2, 0.25) is 0 Å². The molecule has 5 nitrogen and oxygen atoms in total. The molecule has 0 aliphatic carbocycles. The van der Waals surface area contributed by atoms with Gasteiger partial charge in [-0.1, -0.05) is 25.5 Å². The van der Waals surface area contributed by atoms with Gasteiger partial charge in [-0.3, -0.25) is 0 Å². The standard InChI is InChI=1S/C18H24N2O3S/c1-4-6-11-23-14-9-7-13(8-10-14)16-15(17(21)22-5-2)12(3)19-18(24)20-16/h7-10,16H,4-6,11H2,1-3H3,(H2,19,20,24)/t16-/m1/s1. The first-order valence-electron chi connectivity index (χ1n) is 8.25. The van der Waals surface area contributed by atoms with E-state index in [0.717, 1.165) is 24.2 Å². The van der Waals surface area contributed by atoms with Crippen LogP contribution in [0.15, 0.2) is 35.5 Å². The molecule has 1 aromatic rings. The van der Waals surface area contributed by atoms with Crippen molar-refractivity contribution in [3.63, 3.8) is 0 Å². The second-order valence-electron chi connectivity index (χ2n) is 5.56. The second kappa shape index (κ2) is 8.68. The molecular weight excluding hydrogens is 324 g/mol. The molecule has 0 fully saturated rings. The van der Waals surface area contributed by atoms with Crippen molar-refractivity contribution in [2.24, 2.45) is 0 Å². The third kappa shape index (κ3) is 4.47. The Morgan fingerprint density at radius 2 is 1.96 bits per heavy atom. The Hall–Kier alpha value is -2.08. The number of ether oxygens (including phenoxy) is 2. The van der Waals surface area contributed by atoms with Crippen molar-refractivity contribution < 1.29 is 14.3 Å². The fourth-order valence-corrected chi connectivity index (χ4v) is 2.79. The lowest BCUT2D eigenvalue weighted by Crippen LogP contribution is -2.45. The zero-order valence-electron chi connectivity index (χ0n) is 14.3. The van der Waals surface area contributed by atoms with Crippen LogP contribution in [0.3, 0.4) is 0 Å². The Balaban J connectivity index is 2.22. The Labute approximate surface area is 148 Å². The molecule has 2 rings (SSSR count). The molecule has 1 aromatic carbocycles. The lowest BCUT2D eigenvalue weighted by atomic mass is 9.95. The van der Waals surface area contributed by atoms with Gasteiger partial charge in [0.15, 0.2) is 5.11 Å². The van der Waals surface area contributed by atoms with Crippen LogP contribution in [0.2, 0.25) is 0 Å². The van der Waals surface area contributed by atoms with Crippen molar-refractivity contribution in [1.29, 1.82) is 0 Å². The third-order valence-corrected chi connectivity index (χ3v) is 3.96. The van der Waals surface area contributed by atoms with Gasteiger partial charge in [0.05, 0.1) is 24.8 Å². The number of esters is 1. The number of carbonyl (C=O) groups excluding carboxylic acids is 1. The molecule has 2 N–H and O–H groups in total. The monoisotopic (exact) mass is 348 g/mol. The van der Waals surface area contributed by atoms with E-state index in [-0.39, 0.29) is 12.0 Å². The topological polar surface area (TPSA) is 59.6 Å². The van der Waals surface area contributed by atoms with E-state index in [0.29, 0.717) is 29.6 Å². The minimum Gasteiger partial charge on any atom is -0.494 e. The Morgan fingerprint density at radius 3 is 2.58 bits per heavy atom. The fourth-order valence-electron chi connectivity index (χ4n) is 2.51. The molecule has 24 heavy (non-hydrogen) atoms. The van der Waals surface area contributed by atoms with E-state index < -0.39 is 0 Å². The quantitative estimate of drug-likeness (QED) is 0.448. The number of nitrogens with one attached hydrogen (secondary N) is 2. The van der Waals surface area contributed by atoms with Crippen molar-refractivity contribution in [1.82, 2.24) is 10.6 Å². The van der Waals surface area contributed by atoms with Gasteiger partial charge in [0.1, 0.15) is 5.75 Å². The number of rotatable bonds is 7. The summed E-state index contributed by atoms with van der Waals surface area (Å²) in [5.41, 5.74) is 2.19. The molecule has 6 heteroatoms. The smallest absolute Gasteiger partial charge is 0.338 e. The summed E-state index contributed by atoms with van der Waals surface area (Å²) in [6.07, 6.45) is 2.13. The van der Waals surface area contributed by atoms with Crippen LogP contribution in [0, 0.1) is 0 Å². The number of benzene rings is 1. The van der Waals surface area contributed by atoms with Crippen molar-refractivity contribution in [2.45, 2.75) is 39.7 Å². The van der Waals surface area contributed by atoms with Crippen LogP contribution in [0.1, 0.15) is 45.2 Å². The van der Waals surface area contributed by atoms with Gasteiger partial charge in [0, 0.05) is 5.70 Å². The zero-order valence-corrected chi connectivity index (χ0v) is 15.2. The van der Waals surface area contributed by atoms with Gasteiger partial charge in [0.25, 0.3) is 0 Å². The zero-order chi connectivity index (χ0) is 17.5. The van der Waals surface area contributed by atoms with E-state index in [9.17, 15) is 4.79 Å². The van der Waals surface area contributed by atoms with Crippen molar-refractivity contribution in [2.75, 3.05) is 13.2 Å². The highest BCUT2D eigenvalue weighted by Gasteiger charge is 2.30.